The van der Waals surface area contributed by atoms with Crippen molar-refractivity contribution in [3.8, 4) is 11.5 Å². The molecule has 34 heavy (non-hydrogen) atoms. The zero-order chi connectivity index (χ0) is 24.2. The van der Waals surface area contributed by atoms with Crippen LogP contribution in [0.5, 0.6) is 11.5 Å². The van der Waals surface area contributed by atoms with Crippen molar-refractivity contribution in [3.63, 3.8) is 0 Å². The fourth-order valence-corrected chi connectivity index (χ4v) is 4.83. The second-order valence-electron chi connectivity index (χ2n) is 9.58. The van der Waals surface area contributed by atoms with Crippen LogP contribution in [-0.4, -0.2) is 11.9 Å². The Hall–Kier alpha value is -2.62. The molecule has 0 spiro atoms. The van der Waals surface area contributed by atoms with Crippen LogP contribution in [-0.2, 0) is 4.79 Å². The zero-order valence-corrected chi connectivity index (χ0v) is 20.9. The molecule has 1 fully saturated rings. The summed E-state index contributed by atoms with van der Waals surface area (Å²) in [6.45, 7) is 4.01. The molecule has 1 aliphatic rings. The van der Waals surface area contributed by atoms with Crippen LogP contribution in [0, 0.1) is 5.92 Å². The van der Waals surface area contributed by atoms with E-state index >= 15 is 0 Å². The molecular weight excluding hydrogens is 424 g/mol. The minimum absolute atomic E-state index is 0.295. The molecule has 0 saturated heterocycles. The number of hydrogen-bond acceptors (Lipinski definition) is 4. The summed E-state index contributed by atoms with van der Waals surface area (Å²) in [5.74, 6) is 1.69. The van der Waals surface area contributed by atoms with Crippen molar-refractivity contribution in [2.75, 3.05) is 0 Å². The van der Waals surface area contributed by atoms with E-state index in [2.05, 4.69) is 19.1 Å². The number of esters is 2. The SMILES string of the molecule is CCCCCCCCC1CCC(c2ccc(C(=O)Oc3ccc(OC(=O)CC)cc3)cc2)CC1. The molecule has 0 amide bonds. The van der Waals surface area contributed by atoms with E-state index in [1.165, 1.54) is 76.2 Å². The van der Waals surface area contributed by atoms with Gasteiger partial charge in [-0.3, -0.25) is 4.79 Å². The van der Waals surface area contributed by atoms with Gasteiger partial charge in [-0.05, 0) is 79.5 Å². The second-order valence-corrected chi connectivity index (χ2v) is 9.58. The molecule has 0 heterocycles. The maximum absolute atomic E-state index is 12.5. The summed E-state index contributed by atoms with van der Waals surface area (Å²) in [7, 11) is 0. The number of benzene rings is 2. The fourth-order valence-electron chi connectivity index (χ4n) is 4.83. The van der Waals surface area contributed by atoms with Gasteiger partial charge in [0.05, 0.1) is 5.56 Å². The fraction of sp³-hybridized carbons (Fsp3) is 0.533. The van der Waals surface area contributed by atoms with E-state index in [1.54, 1.807) is 31.2 Å². The Balaban J connectivity index is 1.41. The molecule has 4 heteroatoms. The first-order valence-electron chi connectivity index (χ1n) is 13.2. The number of carbonyl (C=O) groups excluding carboxylic acids is 2. The van der Waals surface area contributed by atoms with Gasteiger partial charge in [0.25, 0.3) is 0 Å². The first-order chi connectivity index (χ1) is 16.6. The third-order valence-corrected chi connectivity index (χ3v) is 6.99. The van der Waals surface area contributed by atoms with E-state index < -0.39 is 0 Å². The highest BCUT2D eigenvalue weighted by molar-refractivity contribution is 5.91. The molecule has 1 aliphatic carbocycles. The predicted molar refractivity (Wildman–Crippen MR) is 136 cm³/mol. The topological polar surface area (TPSA) is 52.6 Å². The van der Waals surface area contributed by atoms with Crippen LogP contribution >= 0.6 is 0 Å². The van der Waals surface area contributed by atoms with E-state index in [0.717, 1.165) is 5.92 Å². The summed E-state index contributed by atoms with van der Waals surface area (Å²) in [5.41, 5.74) is 1.87. The Kier molecular flexibility index (Phi) is 10.7. The summed E-state index contributed by atoms with van der Waals surface area (Å²) < 4.78 is 10.6. The molecule has 0 atom stereocenters. The normalized spacial score (nSPS) is 17.8. The Labute approximate surface area is 205 Å². The van der Waals surface area contributed by atoms with Gasteiger partial charge in [-0.15, -0.1) is 0 Å². The van der Waals surface area contributed by atoms with Crippen molar-refractivity contribution in [1.29, 1.82) is 0 Å². The lowest BCUT2D eigenvalue weighted by molar-refractivity contribution is -0.134. The van der Waals surface area contributed by atoms with E-state index in [4.69, 9.17) is 9.47 Å². The van der Waals surface area contributed by atoms with Crippen LogP contribution in [0.4, 0.5) is 0 Å². The van der Waals surface area contributed by atoms with Gasteiger partial charge < -0.3 is 9.47 Å². The Morgan fingerprint density at radius 3 is 1.94 bits per heavy atom. The number of unbranched alkanes of at least 4 members (excludes halogenated alkanes) is 5. The van der Waals surface area contributed by atoms with Crippen LogP contribution in [0.25, 0.3) is 0 Å². The lowest BCUT2D eigenvalue weighted by atomic mass is 9.77. The molecule has 184 valence electrons. The van der Waals surface area contributed by atoms with Crippen molar-refractivity contribution in [3.05, 3.63) is 59.7 Å². The van der Waals surface area contributed by atoms with Gasteiger partial charge in [0.1, 0.15) is 11.5 Å². The first kappa shape index (κ1) is 26.0. The average Bonchev–Trinajstić information content (AvgIpc) is 2.87. The molecule has 2 aromatic rings. The molecule has 3 rings (SSSR count). The zero-order valence-electron chi connectivity index (χ0n) is 20.9. The number of carbonyl (C=O) groups is 2. The molecule has 1 saturated carbocycles. The van der Waals surface area contributed by atoms with Gasteiger partial charge >= 0.3 is 11.9 Å². The molecule has 4 nitrogen and oxygen atoms in total. The summed E-state index contributed by atoms with van der Waals surface area (Å²) in [6.07, 6.45) is 15.1. The molecular formula is C30H40O4. The highest BCUT2D eigenvalue weighted by Gasteiger charge is 2.22. The van der Waals surface area contributed by atoms with Crippen LogP contribution in [0.1, 0.15) is 113 Å². The highest BCUT2D eigenvalue weighted by atomic mass is 16.5. The summed E-state index contributed by atoms with van der Waals surface area (Å²) in [4.78, 5) is 23.9. The predicted octanol–water partition coefficient (Wildman–Crippen LogP) is 8.25. The quantitative estimate of drug-likeness (QED) is 0.180. The van der Waals surface area contributed by atoms with Gasteiger partial charge in [-0.2, -0.15) is 0 Å². The van der Waals surface area contributed by atoms with Gasteiger partial charge in [0.15, 0.2) is 0 Å². The Morgan fingerprint density at radius 2 is 1.32 bits per heavy atom. The van der Waals surface area contributed by atoms with Crippen LogP contribution in [0.15, 0.2) is 48.5 Å². The smallest absolute Gasteiger partial charge is 0.343 e. The number of hydrogen-bond donors (Lipinski definition) is 0. The lowest BCUT2D eigenvalue weighted by Gasteiger charge is -2.29. The maximum atomic E-state index is 12.5. The minimum Gasteiger partial charge on any atom is -0.427 e. The second kappa shape index (κ2) is 13.9. The maximum Gasteiger partial charge on any atom is 0.343 e. The summed E-state index contributed by atoms with van der Waals surface area (Å²) >= 11 is 0. The van der Waals surface area contributed by atoms with Gasteiger partial charge in [0.2, 0.25) is 0 Å². The Bertz CT molecular complexity index is 877. The van der Waals surface area contributed by atoms with E-state index in [-0.39, 0.29) is 11.9 Å². The van der Waals surface area contributed by atoms with Crippen LogP contribution in [0.3, 0.4) is 0 Å². The third-order valence-electron chi connectivity index (χ3n) is 6.99. The highest BCUT2D eigenvalue weighted by Crippen LogP contribution is 2.38. The number of rotatable bonds is 12. The van der Waals surface area contributed by atoms with Crippen LogP contribution in [0.2, 0.25) is 0 Å². The van der Waals surface area contributed by atoms with Crippen molar-refractivity contribution < 1.29 is 19.1 Å². The molecule has 0 radical (unpaired) electrons. The summed E-state index contributed by atoms with van der Waals surface area (Å²) in [5, 5.41) is 0. The van der Waals surface area contributed by atoms with Crippen molar-refractivity contribution >= 4 is 11.9 Å². The molecule has 0 aromatic heterocycles. The molecule has 0 aliphatic heterocycles. The molecule has 0 unspecified atom stereocenters. The molecule has 2 aromatic carbocycles. The van der Waals surface area contributed by atoms with Crippen molar-refractivity contribution in [1.82, 2.24) is 0 Å². The van der Waals surface area contributed by atoms with Crippen LogP contribution < -0.4 is 9.47 Å². The van der Waals surface area contributed by atoms with Gasteiger partial charge in [-0.25, -0.2) is 4.79 Å². The van der Waals surface area contributed by atoms with Gasteiger partial charge in [0, 0.05) is 6.42 Å². The van der Waals surface area contributed by atoms with Crippen molar-refractivity contribution in [2.24, 2.45) is 5.92 Å². The standard InChI is InChI=1S/C30H40O4/c1-3-5-6-7-8-9-10-23-11-13-24(14-12-23)25-15-17-26(18-16-25)30(32)34-28-21-19-27(20-22-28)33-29(31)4-2/h15-24H,3-14H2,1-2H3. The number of ether oxygens (including phenoxy) is 2. The van der Waals surface area contributed by atoms with E-state index in [9.17, 15) is 9.59 Å². The minimum atomic E-state index is -0.382. The first-order valence-corrected chi connectivity index (χ1v) is 13.2. The lowest BCUT2D eigenvalue weighted by Crippen LogP contribution is -2.14. The monoisotopic (exact) mass is 464 g/mol. The average molecular weight is 465 g/mol. The van der Waals surface area contributed by atoms with E-state index in [0.29, 0.717) is 29.4 Å². The molecule has 0 N–H and O–H groups in total. The van der Waals surface area contributed by atoms with Gasteiger partial charge in [-0.1, -0.05) is 70.9 Å². The van der Waals surface area contributed by atoms with E-state index in [1.807, 2.05) is 12.1 Å². The third kappa shape index (κ3) is 8.30. The largest absolute Gasteiger partial charge is 0.427 e. The Morgan fingerprint density at radius 1 is 0.735 bits per heavy atom. The van der Waals surface area contributed by atoms with Crippen molar-refractivity contribution in [2.45, 2.75) is 96.8 Å². The summed E-state index contributed by atoms with van der Waals surface area (Å²) in [6, 6.07) is 14.4. The molecule has 0 bridgehead atoms.